The molecule has 0 saturated carbocycles. The molecule has 0 spiro atoms. The Morgan fingerprint density at radius 2 is 1.77 bits per heavy atom. The number of carbonyl (C=O) groups excluding carboxylic acids is 1. The van der Waals surface area contributed by atoms with E-state index in [-0.39, 0.29) is 5.78 Å². The number of ketones is 1. The topological polar surface area (TPSA) is 54.4 Å². The van der Waals surface area contributed by atoms with Crippen molar-refractivity contribution in [1.82, 2.24) is 0 Å². The largest absolute Gasteiger partial charge is 0.481 e. The Morgan fingerprint density at radius 1 is 1.31 bits per heavy atom. The lowest BCUT2D eigenvalue weighted by Gasteiger charge is -2.25. The minimum Gasteiger partial charge on any atom is -0.481 e. The van der Waals surface area contributed by atoms with E-state index in [4.69, 9.17) is 5.11 Å². The third-order valence-corrected chi connectivity index (χ3v) is 1.93. The van der Waals surface area contributed by atoms with Crippen molar-refractivity contribution >= 4 is 11.8 Å². The maximum Gasteiger partial charge on any atom is 0.314 e. The Morgan fingerprint density at radius 3 is 2.00 bits per heavy atom. The van der Waals surface area contributed by atoms with E-state index in [0.29, 0.717) is 12.8 Å². The van der Waals surface area contributed by atoms with Gasteiger partial charge in [-0.3, -0.25) is 9.59 Å². The van der Waals surface area contributed by atoms with Crippen molar-refractivity contribution in [3.63, 3.8) is 0 Å². The van der Waals surface area contributed by atoms with Gasteiger partial charge < -0.3 is 5.11 Å². The highest BCUT2D eigenvalue weighted by Gasteiger charge is 2.36. The zero-order valence-corrected chi connectivity index (χ0v) is 8.76. The van der Waals surface area contributed by atoms with Gasteiger partial charge in [0.1, 0.15) is 11.7 Å². The summed E-state index contributed by atoms with van der Waals surface area (Å²) in [6.07, 6.45) is 1.06. The molecule has 0 bridgehead atoms. The fourth-order valence-corrected chi connectivity index (χ4v) is 1.38. The van der Waals surface area contributed by atoms with Crippen LogP contribution in [0.15, 0.2) is 0 Å². The minimum atomic E-state index is -1.01. The van der Waals surface area contributed by atoms with Gasteiger partial charge in [-0.2, -0.15) is 0 Å². The third-order valence-electron chi connectivity index (χ3n) is 1.93. The third kappa shape index (κ3) is 3.57. The molecular formula is C10H18O3. The summed E-state index contributed by atoms with van der Waals surface area (Å²) in [5, 5.41) is 8.89. The van der Waals surface area contributed by atoms with Crippen LogP contribution in [0.25, 0.3) is 0 Å². The first-order chi connectivity index (χ1) is 5.80. The summed E-state index contributed by atoms with van der Waals surface area (Å²) in [6, 6.07) is 0. The quantitative estimate of drug-likeness (QED) is 0.684. The molecule has 1 N–H and O–H groups in total. The Hall–Kier alpha value is -0.860. The van der Waals surface area contributed by atoms with E-state index in [1.165, 1.54) is 0 Å². The molecule has 0 fully saturated rings. The summed E-state index contributed by atoms with van der Waals surface area (Å²) in [6.45, 7) is 7.21. The number of hydrogen-bond acceptors (Lipinski definition) is 2. The molecule has 0 aromatic carbocycles. The van der Waals surface area contributed by atoms with Crippen LogP contribution in [-0.2, 0) is 9.59 Å². The number of carbonyl (C=O) groups is 2. The molecule has 0 heterocycles. The van der Waals surface area contributed by atoms with Crippen LogP contribution in [-0.4, -0.2) is 16.9 Å². The molecule has 76 valence electrons. The lowest BCUT2D eigenvalue weighted by atomic mass is 9.77. The van der Waals surface area contributed by atoms with Gasteiger partial charge in [-0.1, -0.05) is 27.7 Å². The fourth-order valence-electron chi connectivity index (χ4n) is 1.38. The Balaban J connectivity index is 4.63. The molecule has 0 aliphatic rings. The molecule has 0 aromatic heterocycles. The molecule has 3 heteroatoms. The van der Waals surface area contributed by atoms with Crippen molar-refractivity contribution in [3.8, 4) is 0 Å². The second-order valence-electron chi connectivity index (χ2n) is 4.35. The molecule has 0 aliphatic heterocycles. The number of carboxylic acids is 1. The Kier molecular flexibility index (Phi) is 4.11. The average molecular weight is 186 g/mol. The van der Waals surface area contributed by atoms with E-state index in [1.54, 1.807) is 20.8 Å². The van der Waals surface area contributed by atoms with Crippen LogP contribution in [0, 0.1) is 11.3 Å². The molecule has 0 aromatic rings. The number of rotatable bonds is 4. The standard InChI is InChI=1S/C10H18O3/c1-5-6-7(11)8(9(12)13)10(2,3)4/h8H,5-6H2,1-4H3,(H,12,13). The summed E-state index contributed by atoms with van der Waals surface area (Å²) in [5.41, 5.74) is -0.488. The molecule has 3 nitrogen and oxygen atoms in total. The van der Waals surface area contributed by atoms with Gasteiger partial charge in [0.25, 0.3) is 0 Å². The highest BCUT2D eigenvalue weighted by molar-refractivity contribution is 5.98. The second kappa shape index (κ2) is 4.40. The Labute approximate surface area is 79.1 Å². The van der Waals surface area contributed by atoms with Crippen molar-refractivity contribution < 1.29 is 14.7 Å². The number of carboxylic acid groups (broad SMARTS) is 1. The molecule has 0 saturated heterocycles. The smallest absolute Gasteiger partial charge is 0.314 e. The van der Waals surface area contributed by atoms with Gasteiger partial charge in [-0.05, 0) is 11.8 Å². The van der Waals surface area contributed by atoms with Gasteiger partial charge >= 0.3 is 5.97 Å². The summed E-state index contributed by atoms with van der Waals surface area (Å²) < 4.78 is 0. The second-order valence-corrected chi connectivity index (χ2v) is 4.35. The SMILES string of the molecule is CCCC(=O)C(C(=O)O)C(C)(C)C. The molecule has 1 unspecified atom stereocenters. The van der Waals surface area contributed by atoms with Crippen LogP contribution in [0.1, 0.15) is 40.5 Å². The first kappa shape index (κ1) is 12.1. The molecule has 0 radical (unpaired) electrons. The molecule has 1 atom stereocenters. The van der Waals surface area contributed by atoms with Gasteiger partial charge in [0.2, 0.25) is 0 Å². The molecule has 0 rings (SSSR count). The van der Waals surface area contributed by atoms with E-state index >= 15 is 0 Å². The monoisotopic (exact) mass is 186 g/mol. The molecular weight excluding hydrogens is 168 g/mol. The van der Waals surface area contributed by atoms with E-state index < -0.39 is 17.3 Å². The molecule has 0 aliphatic carbocycles. The van der Waals surface area contributed by atoms with Crippen LogP contribution < -0.4 is 0 Å². The van der Waals surface area contributed by atoms with Crippen LogP contribution >= 0.6 is 0 Å². The van der Waals surface area contributed by atoms with E-state index in [0.717, 1.165) is 0 Å². The van der Waals surface area contributed by atoms with E-state index in [2.05, 4.69) is 0 Å². The predicted molar refractivity (Wildman–Crippen MR) is 50.5 cm³/mol. The van der Waals surface area contributed by atoms with Crippen molar-refractivity contribution in [2.45, 2.75) is 40.5 Å². The van der Waals surface area contributed by atoms with Crippen molar-refractivity contribution in [2.24, 2.45) is 11.3 Å². The van der Waals surface area contributed by atoms with Crippen molar-refractivity contribution in [3.05, 3.63) is 0 Å². The maximum atomic E-state index is 11.5. The summed E-state index contributed by atoms with van der Waals surface area (Å²) in [5.74, 6) is -2.04. The van der Waals surface area contributed by atoms with Gasteiger partial charge in [0.15, 0.2) is 0 Å². The number of hydrogen-bond donors (Lipinski definition) is 1. The minimum absolute atomic E-state index is 0.164. The first-order valence-electron chi connectivity index (χ1n) is 4.56. The van der Waals surface area contributed by atoms with Crippen LogP contribution in [0.5, 0.6) is 0 Å². The van der Waals surface area contributed by atoms with Gasteiger partial charge in [-0.15, -0.1) is 0 Å². The molecule has 13 heavy (non-hydrogen) atoms. The van der Waals surface area contributed by atoms with E-state index in [1.807, 2.05) is 6.92 Å². The lowest BCUT2D eigenvalue weighted by Crippen LogP contribution is -2.35. The van der Waals surface area contributed by atoms with E-state index in [9.17, 15) is 9.59 Å². The fraction of sp³-hybridized carbons (Fsp3) is 0.800. The summed E-state index contributed by atoms with van der Waals surface area (Å²) >= 11 is 0. The zero-order valence-electron chi connectivity index (χ0n) is 8.76. The maximum absolute atomic E-state index is 11.5. The normalized spacial score (nSPS) is 13.8. The van der Waals surface area contributed by atoms with Gasteiger partial charge in [0.05, 0.1) is 0 Å². The number of Topliss-reactive ketones (excluding diaryl/α,β-unsaturated/α-hetero) is 1. The average Bonchev–Trinajstić information content (AvgIpc) is 1.82. The van der Waals surface area contributed by atoms with Crippen LogP contribution in [0.4, 0.5) is 0 Å². The highest BCUT2D eigenvalue weighted by Crippen LogP contribution is 2.28. The van der Waals surface area contributed by atoms with Crippen LogP contribution in [0.2, 0.25) is 0 Å². The summed E-state index contributed by atoms with van der Waals surface area (Å²) in [7, 11) is 0. The van der Waals surface area contributed by atoms with Crippen LogP contribution in [0.3, 0.4) is 0 Å². The molecule has 0 amide bonds. The zero-order chi connectivity index (χ0) is 10.6. The van der Waals surface area contributed by atoms with Crippen molar-refractivity contribution in [1.29, 1.82) is 0 Å². The number of aliphatic carboxylic acids is 1. The van der Waals surface area contributed by atoms with Gasteiger partial charge in [0, 0.05) is 6.42 Å². The first-order valence-corrected chi connectivity index (χ1v) is 4.56. The predicted octanol–water partition coefficient (Wildman–Crippen LogP) is 2.10. The van der Waals surface area contributed by atoms with Gasteiger partial charge in [-0.25, -0.2) is 0 Å². The summed E-state index contributed by atoms with van der Waals surface area (Å²) in [4.78, 5) is 22.3. The lowest BCUT2D eigenvalue weighted by molar-refractivity contribution is -0.150. The van der Waals surface area contributed by atoms with Crippen molar-refractivity contribution in [2.75, 3.05) is 0 Å². The highest BCUT2D eigenvalue weighted by atomic mass is 16.4. The Bertz CT molecular complexity index is 201.